The Bertz CT molecular complexity index is 245. The van der Waals surface area contributed by atoms with Crippen LogP contribution in [0.5, 0.6) is 0 Å². The molecule has 0 aromatic carbocycles. The molecule has 48 valence electrons. The molecule has 4 heteroatoms. The van der Waals surface area contributed by atoms with E-state index >= 15 is 0 Å². The van der Waals surface area contributed by atoms with E-state index in [1.807, 2.05) is 0 Å². The number of pyridine rings is 1. The number of nitrogen functional groups attached to an aromatic ring is 1. The van der Waals surface area contributed by atoms with Gasteiger partial charge in [-0.05, 0) is 12.1 Å². The highest BCUT2D eigenvalue weighted by atomic mass is 35.5. The first-order valence-corrected chi connectivity index (χ1v) is 3.12. The standard InChI is InChI=1S/C5H5ClN2S/c6-4-1-3(9)2-5(7)8-4/h1-2H,(H3,7,8,9). The van der Waals surface area contributed by atoms with Gasteiger partial charge in [-0.3, -0.25) is 0 Å². The van der Waals surface area contributed by atoms with Gasteiger partial charge in [-0.15, -0.1) is 0 Å². The van der Waals surface area contributed by atoms with Gasteiger partial charge in [-0.2, -0.15) is 0 Å². The molecule has 1 rings (SSSR count). The van der Waals surface area contributed by atoms with E-state index in [0.29, 0.717) is 15.5 Å². The Morgan fingerprint density at radius 2 is 2.22 bits per heavy atom. The van der Waals surface area contributed by atoms with E-state index in [1.165, 1.54) is 0 Å². The van der Waals surface area contributed by atoms with Crippen molar-refractivity contribution < 1.29 is 0 Å². The fraction of sp³-hybridized carbons (Fsp3) is 0. The first kappa shape index (κ1) is 6.58. The summed E-state index contributed by atoms with van der Waals surface area (Å²) in [5.74, 6) is 0.493. The molecule has 0 fully saturated rings. The predicted octanol–water partition coefficient (Wildman–Crippen LogP) is 1.98. The number of hydrogen-bond donors (Lipinski definition) is 2. The number of nitrogens with two attached hydrogens (primary N) is 1. The topological polar surface area (TPSA) is 41.8 Å². The van der Waals surface area contributed by atoms with Crippen molar-refractivity contribution in [2.24, 2.45) is 0 Å². The number of anilines is 1. The third-order valence-corrected chi connectivity index (χ3v) is 1.27. The van der Waals surface area contributed by atoms with Crippen molar-refractivity contribution in [1.82, 2.24) is 4.98 Å². The average molecular weight is 161 g/mol. The van der Waals surface area contributed by atoms with Gasteiger partial charge in [-0.1, -0.05) is 23.8 Å². The highest BCUT2D eigenvalue weighted by molar-refractivity contribution is 7.71. The van der Waals surface area contributed by atoms with Crippen LogP contribution in [0.2, 0.25) is 5.15 Å². The fourth-order valence-electron chi connectivity index (χ4n) is 0.530. The van der Waals surface area contributed by atoms with Gasteiger partial charge < -0.3 is 10.7 Å². The van der Waals surface area contributed by atoms with Crippen LogP contribution in [0.25, 0.3) is 0 Å². The molecule has 0 bridgehead atoms. The third-order valence-electron chi connectivity index (χ3n) is 0.830. The maximum atomic E-state index is 5.55. The van der Waals surface area contributed by atoms with Gasteiger partial charge in [0.1, 0.15) is 11.0 Å². The Morgan fingerprint density at radius 1 is 1.56 bits per heavy atom. The number of nitrogens with one attached hydrogen (secondary N) is 1. The zero-order valence-electron chi connectivity index (χ0n) is 4.52. The zero-order chi connectivity index (χ0) is 6.85. The number of halogens is 1. The van der Waals surface area contributed by atoms with Gasteiger partial charge in [0.05, 0.1) is 0 Å². The molecule has 0 aliphatic carbocycles. The summed E-state index contributed by atoms with van der Waals surface area (Å²) in [6.07, 6.45) is 0. The van der Waals surface area contributed by atoms with Crippen LogP contribution in [0.15, 0.2) is 12.1 Å². The second-order valence-corrected chi connectivity index (χ2v) is 2.50. The average Bonchev–Trinajstić information content (AvgIpc) is 1.59. The summed E-state index contributed by atoms with van der Waals surface area (Å²) in [5.41, 5.74) is 5.35. The summed E-state index contributed by atoms with van der Waals surface area (Å²) in [5, 5.41) is 0.472. The molecular formula is C5H5ClN2S. The summed E-state index contributed by atoms with van der Waals surface area (Å²) >= 11 is 10.4. The molecule has 2 nitrogen and oxygen atoms in total. The van der Waals surface area contributed by atoms with E-state index in [2.05, 4.69) is 4.98 Å². The highest BCUT2D eigenvalue weighted by Crippen LogP contribution is 2.07. The van der Waals surface area contributed by atoms with Crippen LogP contribution in [0.1, 0.15) is 0 Å². The van der Waals surface area contributed by atoms with Crippen LogP contribution in [0.3, 0.4) is 0 Å². The predicted molar refractivity (Wildman–Crippen MR) is 41.0 cm³/mol. The molecule has 0 spiro atoms. The van der Waals surface area contributed by atoms with Gasteiger partial charge in [0.15, 0.2) is 0 Å². The molecule has 0 unspecified atom stereocenters. The monoisotopic (exact) mass is 160 g/mol. The summed E-state index contributed by atoms with van der Waals surface area (Å²) in [4.78, 5) is 2.69. The summed E-state index contributed by atoms with van der Waals surface area (Å²) in [6.45, 7) is 0. The lowest BCUT2D eigenvalue weighted by atomic mass is 10.5. The molecule has 9 heavy (non-hydrogen) atoms. The number of H-pyrrole nitrogens is 1. The molecule has 0 atom stereocenters. The lowest BCUT2D eigenvalue weighted by Gasteiger charge is -1.92. The largest absolute Gasteiger partial charge is 0.385 e. The van der Waals surface area contributed by atoms with Crippen molar-refractivity contribution in [3.63, 3.8) is 0 Å². The van der Waals surface area contributed by atoms with Crippen molar-refractivity contribution >= 4 is 29.6 Å². The molecule has 1 aromatic heterocycles. The van der Waals surface area contributed by atoms with Gasteiger partial charge >= 0.3 is 0 Å². The SMILES string of the molecule is Nc1cc(=S)cc(Cl)[nH]1. The Balaban J connectivity index is 3.33. The molecule has 0 saturated carbocycles. The van der Waals surface area contributed by atoms with E-state index in [9.17, 15) is 0 Å². The third kappa shape index (κ3) is 1.69. The Hall–Kier alpha value is -0.540. The second-order valence-electron chi connectivity index (χ2n) is 1.62. The lowest BCUT2D eigenvalue weighted by molar-refractivity contribution is 1.33. The van der Waals surface area contributed by atoms with E-state index < -0.39 is 0 Å². The molecule has 0 radical (unpaired) electrons. The van der Waals surface area contributed by atoms with Gasteiger partial charge in [0.2, 0.25) is 0 Å². The van der Waals surface area contributed by atoms with Crippen molar-refractivity contribution in [1.29, 1.82) is 0 Å². The fourth-order valence-corrected chi connectivity index (χ4v) is 1.07. The van der Waals surface area contributed by atoms with E-state index in [-0.39, 0.29) is 0 Å². The Kier molecular flexibility index (Phi) is 1.73. The van der Waals surface area contributed by atoms with Crippen LogP contribution in [-0.4, -0.2) is 4.98 Å². The van der Waals surface area contributed by atoms with Crippen LogP contribution in [0, 0.1) is 4.51 Å². The molecule has 0 aliphatic rings. The first-order chi connectivity index (χ1) is 4.18. The first-order valence-electron chi connectivity index (χ1n) is 2.34. The summed E-state index contributed by atoms with van der Waals surface area (Å²) in [7, 11) is 0. The molecule has 1 heterocycles. The van der Waals surface area contributed by atoms with Crippen molar-refractivity contribution in [2.45, 2.75) is 0 Å². The molecule has 0 amide bonds. The second kappa shape index (κ2) is 2.37. The maximum absolute atomic E-state index is 5.55. The number of hydrogen-bond acceptors (Lipinski definition) is 2. The minimum atomic E-state index is 0.472. The number of aromatic amines is 1. The Morgan fingerprint density at radius 3 is 2.67 bits per heavy atom. The zero-order valence-corrected chi connectivity index (χ0v) is 6.09. The lowest BCUT2D eigenvalue weighted by Crippen LogP contribution is -1.88. The smallest absolute Gasteiger partial charge is 0.109 e. The quantitative estimate of drug-likeness (QED) is 0.450. The van der Waals surface area contributed by atoms with E-state index in [4.69, 9.17) is 29.6 Å². The van der Waals surface area contributed by atoms with E-state index in [0.717, 1.165) is 0 Å². The van der Waals surface area contributed by atoms with Crippen LogP contribution in [0.4, 0.5) is 5.82 Å². The Labute approximate surface area is 62.7 Å². The van der Waals surface area contributed by atoms with Crippen LogP contribution >= 0.6 is 23.8 Å². The molecule has 3 N–H and O–H groups in total. The van der Waals surface area contributed by atoms with Gasteiger partial charge in [0.25, 0.3) is 0 Å². The summed E-state index contributed by atoms with van der Waals surface area (Å²) in [6, 6.07) is 3.27. The minimum absolute atomic E-state index is 0.472. The van der Waals surface area contributed by atoms with Crippen molar-refractivity contribution in [2.75, 3.05) is 5.73 Å². The van der Waals surface area contributed by atoms with Crippen molar-refractivity contribution in [3.05, 3.63) is 21.8 Å². The summed E-state index contributed by atoms with van der Waals surface area (Å²) < 4.78 is 0.649. The molecule has 0 saturated heterocycles. The van der Waals surface area contributed by atoms with E-state index in [1.54, 1.807) is 12.1 Å². The molecular weight excluding hydrogens is 156 g/mol. The minimum Gasteiger partial charge on any atom is -0.385 e. The van der Waals surface area contributed by atoms with Crippen LogP contribution in [-0.2, 0) is 0 Å². The van der Waals surface area contributed by atoms with Crippen LogP contribution < -0.4 is 5.73 Å². The molecule has 0 aliphatic heterocycles. The number of rotatable bonds is 0. The van der Waals surface area contributed by atoms with Gasteiger partial charge in [0, 0.05) is 4.51 Å². The maximum Gasteiger partial charge on any atom is 0.109 e. The highest BCUT2D eigenvalue weighted by Gasteiger charge is 1.86. The van der Waals surface area contributed by atoms with Gasteiger partial charge in [-0.25, -0.2) is 0 Å². The normalized spacial score (nSPS) is 9.44. The van der Waals surface area contributed by atoms with Crippen molar-refractivity contribution in [3.8, 4) is 0 Å². The number of aromatic nitrogens is 1. The molecule has 1 aromatic rings.